The number of carbonyl (C=O) groups excluding carboxylic acids is 1. The van der Waals surface area contributed by atoms with Gasteiger partial charge in [0.1, 0.15) is 0 Å². The summed E-state index contributed by atoms with van der Waals surface area (Å²) in [5, 5.41) is 3.04. The zero-order chi connectivity index (χ0) is 12.1. The van der Waals surface area contributed by atoms with Crippen LogP contribution in [-0.4, -0.2) is 19.1 Å². The van der Waals surface area contributed by atoms with E-state index >= 15 is 0 Å². The number of ether oxygens (including phenoxy) is 1. The van der Waals surface area contributed by atoms with Crippen LogP contribution >= 0.6 is 0 Å². The largest absolute Gasteiger partial charge is 0.381 e. The van der Waals surface area contributed by atoms with Crippen LogP contribution in [0.4, 0.5) is 5.69 Å². The molecule has 0 spiro atoms. The van der Waals surface area contributed by atoms with E-state index in [1.54, 1.807) is 0 Å². The lowest BCUT2D eigenvalue weighted by Crippen LogP contribution is -2.28. The molecule has 1 aromatic carbocycles. The van der Waals surface area contributed by atoms with E-state index in [2.05, 4.69) is 18.3 Å². The third-order valence-electron chi connectivity index (χ3n) is 3.25. The van der Waals surface area contributed by atoms with Gasteiger partial charge in [0.05, 0.1) is 0 Å². The molecule has 0 bridgehead atoms. The number of hydrogen-bond acceptors (Lipinski definition) is 2. The van der Waals surface area contributed by atoms with Crippen molar-refractivity contribution in [1.82, 2.24) is 0 Å². The maximum atomic E-state index is 12.1. The molecule has 1 amide bonds. The van der Waals surface area contributed by atoms with Gasteiger partial charge in [-0.25, -0.2) is 0 Å². The average molecular weight is 233 g/mol. The Morgan fingerprint density at radius 2 is 2.06 bits per heavy atom. The number of hydrogen-bond donors (Lipinski definition) is 1. The van der Waals surface area contributed by atoms with Crippen molar-refractivity contribution >= 4 is 11.6 Å². The highest BCUT2D eigenvalue weighted by atomic mass is 16.5. The number of para-hydroxylation sites is 1. The first kappa shape index (κ1) is 12.1. The third kappa shape index (κ3) is 3.07. The van der Waals surface area contributed by atoms with Crippen LogP contribution in [0.2, 0.25) is 0 Å². The van der Waals surface area contributed by atoms with Crippen LogP contribution in [0, 0.1) is 5.92 Å². The second-order valence-corrected chi connectivity index (χ2v) is 4.39. The van der Waals surface area contributed by atoms with Gasteiger partial charge in [-0.15, -0.1) is 0 Å². The maximum absolute atomic E-state index is 12.1. The molecule has 1 aromatic rings. The number of aryl methyl sites for hydroxylation is 1. The van der Waals surface area contributed by atoms with Gasteiger partial charge in [0.15, 0.2) is 0 Å². The Hall–Kier alpha value is -1.35. The quantitative estimate of drug-likeness (QED) is 0.871. The fourth-order valence-electron chi connectivity index (χ4n) is 2.15. The van der Waals surface area contributed by atoms with E-state index < -0.39 is 0 Å². The highest BCUT2D eigenvalue weighted by Gasteiger charge is 2.21. The molecular weight excluding hydrogens is 214 g/mol. The van der Waals surface area contributed by atoms with E-state index in [4.69, 9.17) is 4.74 Å². The lowest BCUT2D eigenvalue weighted by Gasteiger charge is -2.21. The van der Waals surface area contributed by atoms with Gasteiger partial charge >= 0.3 is 0 Å². The minimum atomic E-state index is 0.105. The summed E-state index contributed by atoms with van der Waals surface area (Å²) in [7, 11) is 0. The van der Waals surface area contributed by atoms with Crippen molar-refractivity contribution in [1.29, 1.82) is 0 Å². The Bertz CT molecular complexity index is 384. The van der Waals surface area contributed by atoms with Crippen LogP contribution in [0.15, 0.2) is 24.3 Å². The van der Waals surface area contributed by atoms with Gasteiger partial charge in [-0.3, -0.25) is 4.79 Å². The molecule has 1 heterocycles. The molecule has 1 N–H and O–H groups in total. The van der Waals surface area contributed by atoms with Gasteiger partial charge in [0.25, 0.3) is 0 Å². The molecule has 3 nitrogen and oxygen atoms in total. The number of anilines is 1. The van der Waals surface area contributed by atoms with E-state index in [1.165, 1.54) is 5.56 Å². The van der Waals surface area contributed by atoms with Crippen molar-refractivity contribution in [2.75, 3.05) is 18.5 Å². The van der Waals surface area contributed by atoms with E-state index in [0.717, 1.165) is 24.9 Å². The highest BCUT2D eigenvalue weighted by Crippen LogP contribution is 2.20. The first-order chi connectivity index (χ1) is 8.31. The van der Waals surface area contributed by atoms with Crippen molar-refractivity contribution in [3.63, 3.8) is 0 Å². The molecule has 3 heteroatoms. The molecule has 0 saturated carbocycles. The normalized spacial score (nSPS) is 16.8. The van der Waals surface area contributed by atoms with Crippen LogP contribution in [0.3, 0.4) is 0 Å². The molecule has 17 heavy (non-hydrogen) atoms. The zero-order valence-corrected chi connectivity index (χ0v) is 10.2. The van der Waals surface area contributed by atoms with Crippen LogP contribution in [0.1, 0.15) is 25.3 Å². The number of nitrogens with one attached hydrogen (secondary N) is 1. The molecule has 0 radical (unpaired) electrons. The second-order valence-electron chi connectivity index (χ2n) is 4.39. The molecule has 0 atom stereocenters. The van der Waals surface area contributed by atoms with Crippen LogP contribution in [-0.2, 0) is 16.0 Å². The molecule has 0 aliphatic carbocycles. The van der Waals surface area contributed by atoms with Crippen molar-refractivity contribution in [2.24, 2.45) is 5.92 Å². The highest BCUT2D eigenvalue weighted by molar-refractivity contribution is 5.93. The van der Waals surface area contributed by atoms with Crippen molar-refractivity contribution in [2.45, 2.75) is 26.2 Å². The molecule has 1 saturated heterocycles. The summed E-state index contributed by atoms with van der Waals surface area (Å²) in [6.45, 7) is 3.50. The second kappa shape index (κ2) is 5.82. The van der Waals surface area contributed by atoms with E-state index in [0.29, 0.717) is 13.2 Å². The molecule has 1 aliphatic rings. The average Bonchev–Trinajstić information content (AvgIpc) is 2.40. The van der Waals surface area contributed by atoms with Crippen molar-refractivity contribution < 1.29 is 9.53 Å². The Kier molecular flexibility index (Phi) is 4.15. The number of carbonyl (C=O) groups is 1. The van der Waals surface area contributed by atoms with Gasteiger partial charge in [-0.05, 0) is 30.9 Å². The topological polar surface area (TPSA) is 38.3 Å². The molecule has 1 aliphatic heterocycles. The van der Waals surface area contributed by atoms with Gasteiger partial charge in [0.2, 0.25) is 5.91 Å². The molecule has 0 unspecified atom stereocenters. The van der Waals surface area contributed by atoms with Gasteiger partial charge in [-0.2, -0.15) is 0 Å². The van der Waals surface area contributed by atoms with Crippen LogP contribution in [0.5, 0.6) is 0 Å². The Morgan fingerprint density at radius 3 is 2.76 bits per heavy atom. The number of amides is 1. The first-order valence-electron chi connectivity index (χ1n) is 6.27. The van der Waals surface area contributed by atoms with E-state index in [-0.39, 0.29) is 11.8 Å². The first-order valence-corrected chi connectivity index (χ1v) is 6.27. The lowest BCUT2D eigenvalue weighted by atomic mass is 9.99. The minimum absolute atomic E-state index is 0.105. The minimum Gasteiger partial charge on any atom is -0.381 e. The van der Waals surface area contributed by atoms with Crippen molar-refractivity contribution in [3.05, 3.63) is 29.8 Å². The van der Waals surface area contributed by atoms with Crippen molar-refractivity contribution in [3.8, 4) is 0 Å². The van der Waals surface area contributed by atoms with Crippen LogP contribution in [0.25, 0.3) is 0 Å². The Labute approximate surface area is 102 Å². The van der Waals surface area contributed by atoms with Gasteiger partial charge in [-0.1, -0.05) is 25.1 Å². The fraction of sp³-hybridized carbons (Fsp3) is 0.500. The molecule has 0 aromatic heterocycles. The standard InChI is InChI=1S/C14H19NO2/c1-2-11-5-3-4-6-13(11)15-14(16)12-7-9-17-10-8-12/h3-6,12H,2,7-10H2,1H3,(H,15,16). The smallest absolute Gasteiger partial charge is 0.227 e. The summed E-state index contributed by atoms with van der Waals surface area (Å²) in [4.78, 5) is 12.1. The number of rotatable bonds is 3. The van der Waals surface area contributed by atoms with Gasteiger partial charge < -0.3 is 10.1 Å². The Balaban J connectivity index is 2.01. The number of benzene rings is 1. The SMILES string of the molecule is CCc1ccccc1NC(=O)C1CCOCC1. The summed E-state index contributed by atoms with van der Waals surface area (Å²) in [5.41, 5.74) is 2.14. The summed E-state index contributed by atoms with van der Waals surface area (Å²) >= 11 is 0. The fourth-order valence-corrected chi connectivity index (χ4v) is 2.15. The summed E-state index contributed by atoms with van der Waals surface area (Å²) in [6, 6.07) is 7.98. The monoisotopic (exact) mass is 233 g/mol. The molecular formula is C14H19NO2. The van der Waals surface area contributed by atoms with E-state index in [9.17, 15) is 4.79 Å². The van der Waals surface area contributed by atoms with E-state index in [1.807, 2.05) is 18.2 Å². The Morgan fingerprint density at radius 1 is 1.35 bits per heavy atom. The molecule has 1 fully saturated rings. The third-order valence-corrected chi connectivity index (χ3v) is 3.25. The van der Waals surface area contributed by atoms with Gasteiger partial charge in [0, 0.05) is 24.8 Å². The molecule has 92 valence electrons. The predicted octanol–water partition coefficient (Wildman–Crippen LogP) is 2.61. The zero-order valence-electron chi connectivity index (χ0n) is 10.2. The van der Waals surface area contributed by atoms with Crippen LogP contribution < -0.4 is 5.32 Å². The predicted molar refractivity (Wildman–Crippen MR) is 68.0 cm³/mol. The summed E-state index contributed by atoms with van der Waals surface area (Å²) in [5.74, 6) is 0.239. The maximum Gasteiger partial charge on any atom is 0.227 e. The lowest BCUT2D eigenvalue weighted by molar-refractivity contribution is -0.122. The summed E-state index contributed by atoms with van der Waals surface area (Å²) in [6.07, 6.45) is 2.60. The molecule has 2 rings (SSSR count). The summed E-state index contributed by atoms with van der Waals surface area (Å²) < 4.78 is 5.26.